The average Bonchev–Trinajstić information content (AvgIpc) is 2.23. The van der Waals surface area contributed by atoms with Gasteiger partial charge in [0.15, 0.2) is 0 Å². The third kappa shape index (κ3) is 4.14. The summed E-state index contributed by atoms with van der Waals surface area (Å²) in [5.74, 6) is -1.88. The zero-order valence-corrected chi connectivity index (χ0v) is 11.5. The maximum Gasteiger partial charge on any atom is 0.342 e. The van der Waals surface area contributed by atoms with Gasteiger partial charge in [-0.15, -0.1) is 0 Å². The Morgan fingerprint density at radius 3 is 2.22 bits per heavy atom. The molecule has 0 heterocycles. The second-order valence-electron chi connectivity index (χ2n) is 3.49. The summed E-state index contributed by atoms with van der Waals surface area (Å²) < 4.78 is 4.38. The number of ether oxygens (including phenoxy) is 1. The molecule has 0 fully saturated rings. The van der Waals surface area contributed by atoms with Crippen LogP contribution in [0.4, 0.5) is 0 Å². The Labute approximate surface area is 118 Å². The molecule has 1 atom stereocenters. The van der Waals surface area contributed by atoms with Crippen molar-refractivity contribution in [1.29, 1.82) is 0 Å². The van der Waals surface area contributed by atoms with E-state index in [-0.39, 0.29) is 16.5 Å². The van der Waals surface area contributed by atoms with Crippen molar-refractivity contribution in [2.24, 2.45) is 0 Å². The zero-order valence-electron chi connectivity index (χ0n) is 9.25. The first-order valence-electron chi connectivity index (χ1n) is 4.87. The van der Waals surface area contributed by atoms with Crippen molar-refractivity contribution in [3.8, 4) is 0 Å². The SMILES string of the molecule is CC(O)C(=O)OC(=O)Cc1c(Cl)cc(Cl)cc1Cl. The minimum atomic E-state index is -1.37. The van der Waals surface area contributed by atoms with Gasteiger partial charge in [0, 0.05) is 20.6 Å². The summed E-state index contributed by atoms with van der Waals surface area (Å²) in [7, 11) is 0. The van der Waals surface area contributed by atoms with Crippen molar-refractivity contribution in [1.82, 2.24) is 0 Å². The Morgan fingerprint density at radius 2 is 1.78 bits per heavy atom. The van der Waals surface area contributed by atoms with Gasteiger partial charge in [-0.2, -0.15) is 0 Å². The van der Waals surface area contributed by atoms with Crippen molar-refractivity contribution in [2.75, 3.05) is 0 Å². The van der Waals surface area contributed by atoms with Gasteiger partial charge in [-0.1, -0.05) is 34.8 Å². The van der Waals surface area contributed by atoms with Crippen molar-refractivity contribution in [3.63, 3.8) is 0 Å². The van der Waals surface area contributed by atoms with Gasteiger partial charge in [-0.25, -0.2) is 4.79 Å². The molecule has 0 bridgehead atoms. The van der Waals surface area contributed by atoms with Gasteiger partial charge in [0.25, 0.3) is 0 Å². The quantitative estimate of drug-likeness (QED) is 0.688. The topological polar surface area (TPSA) is 63.6 Å². The molecule has 1 unspecified atom stereocenters. The minimum absolute atomic E-state index is 0.203. The number of halogens is 3. The highest BCUT2D eigenvalue weighted by molar-refractivity contribution is 6.39. The maximum absolute atomic E-state index is 11.4. The molecular weight excluding hydrogens is 302 g/mol. The fourth-order valence-electron chi connectivity index (χ4n) is 1.12. The number of rotatable bonds is 3. The van der Waals surface area contributed by atoms with E-state index in [4.69, 9.17) is 39.9 Å². The molecule has 0 aliphatic heterocycles. The van der Waals surface area contributed by atoms with Crippen LogP contribution in [0.25, 0.3) is 0 Å². The normalized spacial score (nSPS) is 12.1. The van der Waals surface area contributed by atoms with Gasteiger partial charge in [0.05, 0.1) is 6.42 Å². The number of hydrogen-bond acceptors (Lipinski definition) is 4. The lowest BCUT2D eigenvalue weighted by Gasteiger charge is -2.08. The summed E-state index contributed by atoms with van der Waals surface area (Å²) in [4.78, 5) is 22.4. The standard InChI is InChI=1S/C11H9Cl3O4/c1-5(15)11(17)18-10(16)4-7-8(13)2-6(12)3-9(7)14/h2-3,5,15H,4H2,1H3. The summed E-state index contributed by atoms with van der Waals surface area (Å²) in [5, 5.41) is 9.63. The number of aliphatic hydroxyl groups is 1. The lowest BCUT2D eigenvalue weighted by molar-refractivity contribution is -0.164. The van der Waals surface area contributed by atoms with Crippen LogP contribution in [0.2, 0.25) is 15.1 Å². The molecule has 1 aromatic rings. The minimum Gasteiger partial charge on any atom is -0.391 e. The molecular formula is C11H9Cl3O4. The number of carbonyl (C=O) groups excluding carboxylic acids is 2. The van der Waals surface area contributed by atoms with Crippen LogP contribution in [0.5, 0.6) is 0 Å². The number of carbonyl (C=O) groups is 2. The monoisotopic (exact) mass is 310 g/mol. The second kappa shape index (κ2) is 6.38. The van der Waals surface area contributed by atoms with E-state index in [1.165, 1.54) is 19.1 Å². The molecule has 0 saturated heterocycles. The predicted molar refractivity (Wildman–Crippen MR) is 68.0 cm³/mol. The van der Waals surface area contributed by atoms with Crippen molar-refractivity contribution >= 4 is 46.7 Å². The molecule has 0 aliphatic carbocycles. The van der Waals surface area contributed by atoms with Gasteiger partial charge >= 0.3 is 11.9 Å². The Kier molecular flexibility index (Phi) is 5.41. The fourth-order valence-corrected chi connectivity index (χ4v) is 2.07. The van der Waals surface area contributed by atoms with E-state index in [1.807, 2.05) is 0 Å². The third-order valence-electron chi connectivity index (χ3n) is 1.98. The van der Waals surface area contributed by atoms with Crippen molar-refractivity contribution in [3.05, 3.63) is 32.8 Å². The van der Waals surface area contributed by atoms with Crippen molar-refractivity contribution in [2.45, 2.75) is 19.4 Å². The number of aliphatic hydroxyl groups excluding tert-OH is 1. The molecule has 0 amide bonds. The molecule has 4 nitrogen and oxygen atoms in total. The lowest BCUT2D eigenvalue weighted by Crippen LogP contribution is -2.23. The van der Waals surface area contributed by atoms with Gasteiger partial charge < -0.3 is 9.84 Å². The molecule has 1 N–H and O–H groups in total. The first kappa shape index (κ1) is 15.2. The molecule has 0 spiro atoms. The summed E-state index contributed by atoms with van der Waals surface area (Å²) >= 11 is 17.4. The van der Waals surface area contributed by atoms with Gasteiger partial charge in [-0.05, 0) is 19.1 Å². The third-order valence-corrected chi connectivity index (χ3v) is 2.88. The van der Waals surface area contributed by atoms with E-state index >= 15 is 0 Å². The molecule has 0 aromatic heterocycles. The average molecular weight is 312 g/mol. The van der Waals surface area contributed by atoms with E-state index in [2.05, 4.69) is 4.74 Å². The molecule has 0 saturated carbocycles. The van der Waals surface area contributed by atoms with Crippen LogP contribution < -0.4 is 0 Å². The van der Waals surface area contributed by atoms with E-state index in [0.29, 0.717) is 10.6 Å². The van der Waals surface area contributed by atoms with Crippen LogP contribution in [0, 0.1) is 0 Å². The van der Waals surface area contributed by atoms with Gasteiger partial charge in [-0.3, -0.25) is 4.79 Å². The van der Waals surface area contributed by atoms with Crippen LogP contribution in [-0.4, -0.2) is 23.1 Å². The predicted octanol–water partition coefficient (Wildman–Crippen LogP) is 2.64. The molecule has 98 valence electrons. The maximum atomic E-state index is 11.4. The summed E-state index contributed by atoms with van der Waals surface area (Å²) in [6.07, 6.45) is -1.65. The molecule has 1 rings (SSSR count). The Hall–Kier alpha value is -0.810. The highest BCUT2D eigenvalue weighted by atomic mass is 35.5. The fraction of sp³-hybridized carbons (Fsp3) is 0.273. The second-order valence-corrected chi connectivity index (χ2v) is 4.74. The Balaban J connectivity index is 2.80. The van der Waals surface area contributed by atoms with Crippen LogP contribution >= 0.6 is 34.8 Å². The van der Waals surface area contributed by atoms with E-state index < -0.39 is 18.0 Å². The van der Waals surface area contributed by atoms with E-state index in [0.717, 1.165) is 0 Å². The molecule has 0 radical (unpaired) electrons. The Bertz CT molecular complexity index is 462. The lowest BCUT2D eigenvalue weighted by atomic mass is 10.1. The highest BCUT2D eigenvalue weighted by Crippen LogP contribution is 2.29. The largest absolute Gasteiger partial charge is 0.391 e. The zero-order chi connectivity index (χ0) is 13.9. The van der Waals surface area contributed by atoms with Crippen LogP contribution in [0.3, 0.4) is 0 Å². The Morgan fingerprint density at radius 1 is 1.28 bits per heavy atom. The summed E-state index contributed by atoms with van der Waals surface area (Å²) in [6, 6.07) is 2.85. The molecule has 0 aliphatic rings. The highest BCUT2D eigenvalue weighted by Gasteiger charge is 2.18. The van der Waals surface area contributed by atoms with Gasteiger partial charge in [0.1, 0.15) is 6.10 Å². The summed E-state index contributed by atoms with van der Waals surface area (Å²) in [6.45, 7) is 1.19. The number of benzene rings is 1. The first-order chi connectivity index (χ1) is 8.31. The van der Waals surface area contributed by atoms with Crippen molar-refractivity contribution < 1.29 is 19.4 Å². The smallest absolute Gasteiger partial charge is 0.342 e. The summed E-state index contributed by atoms with van der Waals surface area (Å²) in [5.41, 5.74) is 0.311. The number of esters is 2. The first-order valence-corrected chi connectivity index (χ1v) is 6.00. The van der Waals surface area contributed by atoms with Crippen LogP contribution in [0.15, 0.2) is 12.1 Å². The van der Waals surface area contributed by atoms with E-state index in [9.17, 15) is 9.59 Å². The van der Waals surface area contributed by atoms with E-state index in [1.54, 1.807) is 0 Å². The van der Waals surface area contributed by atoms with Gasteiger partial charge in [0.2, 0.25) is 0 Å². The molecule has 7 heteroatoms. The molecule has 18 heavy (non-hydrogen) atoms. The number of hydrogen-bond donors (Lipinski definition) is 1. The van der Waals surface area contributed by atoms with Crippen LogP contribution in [-0.2, 0) is 20.7 Å². The van der Waals surface area contributed by atoms with Crippen LogP contribution in [0.1, 0.15) is 12.5 Å². The molecule has 1 aromatic carbocycles.